The molecule has 1 unspecified atom stereocenters. The lowest BCUT2D eigenvalue weighted by Gasteiger charge is -2.04. The van der Waals surface area contributed by atoms with Crippen LogP contribution in [0.4, 0.5) is 0 Å². The van der Waals surface area contributed by atoms with Gasteiger partial charge >= 0.3 is 0 Å². The fourth-order valence-corrected chi connectivity index (χ4v) is 2.22. The molecule has 0 aliphatic rings. The van der Waals surface area contributed by atoms with Crippen LogP contribution in [-0.4, -0.2) is 18.8 Å². The summed E-state index contributed by atoms with van der Waals surface area (Å²) in [5.74, 6) is 0. The van der Waals surface area contributed by atoms with Crippen molar-refractivity contribution in [2.75, 3.05) is 13.6 Å². The van der Waals surface area contributed by atoms with Gasteiger partial charge in [0, 0.05) is 0 Å². The van der Waals surface area contributed by atoms with E-state index in [0.29, 0.717) is 5.06 Å². The number of hydrogen-bond acceptors (Lipinski definition) is 1. The lowest BCUT2D eigenvalue weighted by Crippen LogP contribution is -3.06. The maximum atomic E-state index is 9.03. The predicted octanol–water partition coefficient (Wildman–Crippen LogP) is 0.595. The molecule has 0 aliphatic heterocycles. The molecule has 0 spiro atoms. The number of unbranched alkanes of at least 4 members (excludes halogenated alkanes) is 11. The van der Waals surface area contributed by atoms with Crippen molar-refractivity contribution in [3.05, 3.63) is 0 Å². The standard InChI is InChI=1S/C15H33NO.HI/c1-3-4-5-6-7-8-9-10-11-12-13-14-15-16(2)17;/h17H,3-15H2,1-2H3;1H. The summed E-state index contributed by atoms with van der Waals surface area (Å²) in [5, 5.41) is 9.62. The van der Waals surface area contributed by atoms with E-state index in [9.17, 15) is 0 Å². The molecule has 0 saturated carbocycles. The Morgan fingerprint density at radius 1 is 0.667 bits per heavy atom. The molecular formula is C15H34INO. The van der Waals surface area contributed by atoms with Gasteiger partial charge in [-0.2, -0.15) is 5.06 Å². The van der Waals surface area contributed by atoms with Gasteiger partial charge in [-0.1, -0.05) is 71.1 Å². The minimum Gasteiger partial charge on any atom is -1.00 e. The molecule has 1 atom stereocenters. The van der Waals surface area contributed by atoms with E-state index in [4.69, 9.17) is 5.21 Å². The molecule has 18 heavy (non-hydrogen) atoms. The Kier molecular flexibility index (Phi) is 20.6. The second-order valence-electron chi connectivity index (χ2n) is 5.37. The Hall–Kier alpha value is 0.650. The predicted molar refractivity (Wildman–Crippen MR) is 74.6 cm³/mol. The number of hydrogen-bond donors (Lipinski definition) is 2. The summed E-state index contributed by atoms with van der Waals surface area (Å²) in [6.07, 6.45) is 16.6. The molecule has 0 amide bonds. The number of hydroxylamine groups is 2. The van der Waals surface area contributed by atoms with Crippen LogP contribution in [0, 0.1) is 0 Å². The molecular weight excluding hydrogens is 337 g/mol. The molecule has 112 valence electrons. The molecule has 0 radical (unpaired) electrons. The fraction of sp³-hybridized carbons (Fsp3) is 1.00. The highest BCUT2D eigenvalue weighted by Crippen LogP contribution is 2.11. The first kappa shape index (κ1) is 21.0. The van der Waals surface area contributed by atoms with Gasteiger partial charge < -0.3 is 24.0 Å². The van der Waals surface area contributed by atoms with E-state index in [2.05, 4.69) is 6.92 Å². The summed E-state index contributed by atoms with van der Waals surface area (Å²) in [4.78, 5) is 0. The number of halogens is 1. The smallest absolute Gasteiger partial charge is 0.107 e. The molecule has 0 bridgehead atoms. The van der Waals surface area contributed by atoms with Crippen molar-refractivity contribution in [1.29, 1.82) is 0 Å². The van der Waals surface area contributed by atoms with Crippen molar-refractivity contribution >= 4 is 0 Å². The van der Waals surface area contributed by atoms with Crippen molar-refractivity contribution < 1.29 is 34.2 Å². The van der Waals surface area contributed by atoms with Gasteiger partial charge in [-0.15, -0.1) is 0 Å². The number of rotatable bonds is 13. The maximum Gasteiger partial charge on any atom is 0.107 e. The molecule has 0 aromatic carbocycles. The molecule has 0 saturated heterocycles. The van der Waals surface area contributed by atoms with Gasteiger partial charge in [0.25, 0.3) is 0 Å². The van der Waals surface area contributed by atoms with Gasteiger partial charge in [0.05, 0.1) is 7.05 Å². The van der Waals surface area contributed by atoms with Gasteiger partial charge in [-0.05, 0) is 12.8 Å². The molecule has 0 aromatic rings. The number of nitrogens with one attached hydrogen (secondary N) is 1. The zero-order valence-electron chi connectivity index (χ0n) is 12.5. The van der Waals surface area contributed by atoms with Crippen LogP contribution in [0.2, 0.25) is 0 Å². The lowest BCUT2D eigenvalue weighted by atomic mass is 10.1. The van der Waals surface area contributed by atoms with Crippen LogP contribution >= 0.6 is 0 Å². The first-order chi connectivity index (χ1) is 8.27. The van der Waals surface area contributed by atoms with Crippen LogP contribution in [0.1, 0.15) is 84.0 Å². The van der Waals surface area contributed by atoms with Gasteiger partial charge in [0.2, 0.25) is 0 Å². The Morgan fingerprint density at radius 2 is 1.00 bits per heavy atom. The zero-order valence-corrected chi connectivity index (χ0v) is 14.7. The third-order valence-electron chi connectivity index (χ3n) is 3.39. The lowest BCUT2D eigenvalue weighted by molar-refractivity contribution is -1.07. The quantitative estimate of drug-likeness (QED) is 0.277. The summed E-state index contributed by atoms with van der Waals surface area (Å²) in [7, 11) is 1.80. The normalized spacial score (nSPS) is 12.2. The van der Waals surface area contributed by atoms with Crippen molar-refractivity contribution in [1.82, 2.24) is 0 Å². The monoisotopic (exact) mass is 371 g/mol. The van der Waals surface area contributed by atoms with E-state index in [1.807, 2.05) is 0 Å². The summed E-state index contributed by atoms with van der Waals surface area (Å²) < 4.78 is 0. The molecule has 0 aromatic heterocycles. The molecule has 0 rings (SSSR count). The average Bonchev–Trinajstić information content (AvgIpc) is 2.30. The largest absolute Gasteiger partial charge is 1.00 e. The SMILES string of the molecule is CCCCCCCCCCCCCC[NH+](C)O.[I-]. The average molecular weight is 371 g/mol. The second-order valence-corrected chi connectivity index (χ2v) is 5.37. The van der Waals surface area contributed by atoms with Crippen molar-refractivity contribution in [3.8, 4) is 0 Å². The van der Waals surface area contributed by atoms with E-state index >= 15 is 0 Å². The van der Waals surface area contributed by atoms with Gasteiger partial charge in [-0.3, -0.25) is 0 Å². The van der Waals surface area contributed by atoms with Crippen LogP contribution in [0.3, 0.4) is 0 Å². The molecule has 2 nitrogen and oxygen atoms in total. The van der Waals surface area contributed by atoms with E-state index in [1.165, 1.54) is 77.0 Å². The molecule has 0 heterocycles. The van der Waals surface area contributed by atoms with Crippen molar-refractivity contribution in [3.63, 3.8) is 0 Å². The summed E-state index contributed by atoms with van der Waals surface area (Å²) in [6.45, 7) is 3.17. The summed E-state index contributed by atoms with van der Waals surface area (Å²) in [5.41, 5.74) is 0. The van der Waals surface area contributed by atoms with E-state index in [0.717, 1.165) is 6.54 Å². The van der Waals surface area contributed by atoms with Gasteiger partial charge in [-0.25, -0.2) is 5.21 Å². The second kappa shape index (κ2) is 17.6. The Balaban J connectivity index is 0. The van der Waals surface area contributed by atoms with Crippen molar-refractivity contribution in [2.24, 2.45) is 0 Å². The molecule has 0 aliphatic carbocycles. The first-order valence-electron chi connectivity index (χ1n) is 7.78. The zero-order chi connectivity index (χ0) is 12.8. The summed E-state index contributed by atoms with van der Waals surface area (Å²) >= 11 is 0. The Labute approximate surface area is 132 Å². The maximum absolute atomic E-state index is 9.03. The molecule has 2 N–H and O–H groups in total. The topological polar surface area (TPSA) is 24.7 Å². The highest BCUT2D eigenvalue weighted by molar-refractivity contribution is 4.47. The van der Waals surface area contributed by atoms with Crippen LogP contribution < -0.4 is 29.0 Å². The first-order valence-corrected chi connectivity index (χ1v) is 7.78. The van der Waals surface area contributed by atoms with Crippen LogP contribution in [0.15, 0.2) is 0 Å². The van der Waals surface area contributed by atoms with Crippen molar-refractivity contribution in [2.45, 2.75) is 84.0 Å². The highest BCUT2D eigenvalue weighted by atomic mass is 127. The third kappa shape index (κ3) is 19.0. The molecule has 0 fully saturated rings. The summed E-state index contributed by atoms with van der Waals surface area (Å²) in [6, 6.07) is 0. The minimum absolute atomic E-state index is 0. The van der Waals surface area contributed by atoms with Gasteiger partial charge in [0.1, 0.15) is 6.54 Å². The Bertz CT molecular complexity index is 142. The van der Waals surface area contributed by atoms with Crippen LogP contribution in [0.25, 0.3) is 0 Å². The highest BCUT2D eigenvalue weighted by Gasteiger charge is 1.96. The Morgan fingerprint density at radius 3 is 1.33 bits per heavy atom. The molecule has 3 heteroatoms. The van der Waals surface area contributed by atoms with E-state index in [-0.39, 0.29) is 24.0 Å². The van der Waals surface area contributed by atoms with E-state index < -0.39 is 0 Å². The fourth-order valence-electron chi connectivity index (χ4n) is 2.22. The van der Waals surface area contributed by atoms with Gasteiger partial charge in [0.15, 0.2) is 0 Å². The van der Waals surface area contributed by atoms with Crippen LogP contribution in [-0.2, 0) is 0 Å². The van der Waals surface area contributed by atoms with E-state index in [1.54, 1.807) is 7.05 Å². The number of quaternary nitrogens is 1. The third-order valence-corrected chi connectivity index (χ3v) is 3.39. The van der Waals surface area contributed by atoms with Crippen LogP contribution in [0.5, 0.6) is 0 Å². The minimum atomic E-state index is 0.